The minimum atomic E-state index is -0.667. The molecule has 0 aliphatic carbocycles. The molecule has 0 N–H and O–H groups in total. The molecule has 0 unspecified atom stereocenters. The molecule has 0 aliphatic heterocycles. The van der Waals surface area contributed by atoms with Crippen LogP contribution in [0.5, 0.6) is 0 Å². The second-order valence-electron chi connectivity index (χ2n) is 1.80. The topological polar surface area (TPSA) is 9.23 Å². The van der Waals surface area contributed by atoms with Crippen LogP contribution < -0.4 is 0 Å². The van der Waals surface area contributed by atoms with Crippen molar-refractivity contribution in [3.63, 3.8) is 0 Å². The number of rotatable bonds is 2. The van der Waals surface area contributed by atoms with E-state index in [4.69, 9.17) is 15.8 Å². The number of halogens is 1. The standard InChI is InChI=1S/C4H10O.C2H7ClSi/c1-3-5-4-2;1-4(2)3/h3-4H2,1-2H3;4H,1-2H3. The maximum absolute atomic E-state index is 5.41. The van der Waals surface area contributed by atoms with E-state index in [0.717, 1.165) is 13.2 Å². The average Bonchev–Trinajstić information content (AvgIpc) is 1.66. The summed E-state index contributed by atoms with van der Waals surface area (Å²) in [5.41, 5.74) is 0. The lowest BCUT2D eigenvalue weighted by atomic mass is 10.8. The second kappa shape index (κ2) is 11.3. The minimum Gasteiger partial charge on any atom is -0.382 e. The van der Waals surface area contributed by atoms with Gasteiger partial charge in [-0.15, -0.1) is 0 Å². The quantitative estimate of drug-likeness (QED) is 0.454. The predicted molar refractivity (Wildman–Crippen MR) is 46.9 cm³/mol. The van der Waals surface area contributed by atoms with Gasteiger partial charge in [-0.05, 0) is 13.8 Å². The van der Waals surface area contributed by atoms with E-state index < -0.39 is 8.11 Å². The van der Waals surface area contributed by atoms with Gasteiger partial charge < -0.3 is 4.74 Å². The van der Waals surface area contributed by atoms with Crippen LogP contribution in [0.25, 0.3) is 0 Å². The van der Waals surface area contributed by atoms with Crippen molar-refractivity contribution in [2.75, 3.05) is 13.2 Å². The van der Waals surface area contributed by atoms with Crippen LogP contribution in [0.2, 0.25) is 13.1 Å². The number of ether oxygens (including phenoxy) is 1. The summed E-state index contributed by atoms with van der Waals surface area (Å²) in [6.07, 6.45) is 0. The predicted octanol–water partition coefficient (Wildman–Crippen LogP) is 2.25. The second-order valence-corrected chi connectivity index (χ2v) is 6.44. The largest absolute Gasteiger partial charge is 0.382 e. The zero-order valence-corrected chi connectivity index (χ0v) is 8.69. The highest BCUT2D eigenvalue weighted by Crippen LogP contribution is 1.79. The molecule has 0 amide bonds. The Labute approximate surface area is 64.7 Å². The zero-order chi connectivity index (χ0) is 7.70. The third-order valence-corrected chi connectivity index (χ3v) is 0.408. The number of hydrogen-bond acceptors (Lipinski definition) is 1. The normalized spacial score (nSPS) is 8.67. The van der Waals surface area contributed by atoms with Gasteiger partial charge in [-0.1, -0.05) is 13.1 Å². The van der Waals surface area contributed by atoms with Crippen molar-refractivity contribution in [1.29, 1.82) is 0 Å². The summed E-state index contributed by atoms with van der Waals surface area (Å²) in [6.45, 7) is 9.81. The Morgan fingerprint density at radius 2 is 1.44 bits per heavy atom. The fourth-order valence-electron chi connectivity index (χ4n) is 0.204. The van der Waals surface area contributed by atoms with Crippen LogP contribution in [0.1, 0.15) is 13.8 Å². The molecule has 0 aromatic heterocycles. The monoisotopic (exact) mass is 168 g/mol. The highest BCUT2D eigenvalue weighted by atomic mass is 35.6. The van der Waals surface area contributed by atoms with E-state index in [1.165, 1.54) is 0 Å². The Morgan fingerprint density at radius 1 is 1.22 bits per heavy atom. The first kappa shape index (κ1) is 12.2. The van der Waals surface area contributed by atoms with Crippen LogP contribution in [0.3, 0.4) is 0 Å². The van der Waals surface area contributed by atoms with Crippen LogP contribution in [-0.2, 0) is 4.74 Å². The van der Waals surface area contributed by atoms with Gasteiger partial charge in [0.2, 0.25) is 0 Å². The molecule has 3 heteroatoms. The third kappa shape index (κ3) is 58.2. The van der Waals surface area contributed by atoms with Crippen LogP contribution >= 0.6 is 11.1 Å². The average molecular weight is 169 g/mol. The molecular weight excluding hydrogens is 152 g/mol. The van der Waals surface area contributed by atoms with Crippen molar-refractivity contribution in [2.24, 2.45) is 0 Å². The lowest BCUT2D eigenvalue weighted by Gasteiger charge is -1.86. The lowest BCUT2D eigenvalue weighted by Crippen LogP contribution is -1.84. The maximum atomic E-state index is 5.41. The van der Waals surface area contributed by atoms with Crippen LogP contribution in [0.15, 0.2) is 0 Å². The van der Waals surface area contributed by atoms with Crippen LogP contribution in [-0.4, -0.2) is 21.3 Å². The maximum Gasteiger partial charge on any atom is 0.134 e. The molecule has 0 aliphatic rings. The molecule has 0 atom stereocenters. The fourth-order valence-corrected chi connectivity index (χ4v) is 0.204. The summed E-state index contributed by atoms with van der Waals surface area (Å²) in [7, 11) is -0.667. The van der Waals surface area contributed by atoms with Gasteiger partial charge in [0.15, 0.2) is 0 Å². The molecule has 0 bridgehead atoms. The number of hydrogen-bond donors (Lipinski definition) is 0. The summed E-state index contributed by atoms with van der Waals surface area (Å²) < 4.78 is 4.83. The molecule has 58 valence electrons. The highest BCUT2D eigenvalue weighted by Gasteiger charge is 1.76. The van der Waals surface area contributed by atoms with E-state index in [0.29, 0.717) is 0 Å². The van der Waals surface area contributed by atoms with Gasteiger partial charge in [0, 0.05) is 13.2 Å². The molecule has 9 heavy (non-hydrogen) atoms. The molecule has 0 aromatic carbocycles. The molecule has 0 aromatic rings. The molecule has 0 saturated carbocycles. The van der Waals surface area contributed by atoms with Crippen molar-refractivity contribution >= 4 is 19.2 Å². The van der Waals surface area contributed by atoms with Crippen molar-refractivity contribution in [3.05, 3.63) is 0 Å². The van der Waals surface area contributed by atoms with E-state index in [1.54, 1.807) is 0 Å². The van der Waals surface area contributed by atoms with Gasteiger partial charge >= 0.3 is 0 Å². The van der Waals surface area contributed by atoms with Gasteiger partial charge in [-0.25, -0.2) is 0 Å². The van der Waals surface area contributed by atoms with Gasteiger partial charge in [-0.2, -0.15) is 11.1 Å². The van der Waals surface area contributed by atoms with Gasteiger partial charge in [0.1, 0.15) is 8.11 Å². The first-order valence-electron chi connectivity index (χ1n) is 3.36. The summed E-state index contributed by atoms with van der Waals surface area (Å²) in [6, 6.07) is 0. The highest BCUT2D eigenvalue weighted by molar-refractivity contribution is 7.05. The molecule has 0 heterocycles. The molecule has 0 spiro atoms. The Kier molecular flexibility index (Phi) is 15.3. The fraction of sp³-hybridized carbons (Fsp3) is 1.00. The Bertz CT molecular complexity index is 37.3. The van der Waals surface area contributed by atoms with E-state index in [2.05, 4.69) is 13.1 Å². The van der Waals surface area contributed by atoms with Gasteiger partial charge in [0.25, 0.3) is 0 Å². The summed E-state index contributed by atoms with van der Waals surface area (Å²) in [5.74, 6) is 0. The molecule has 0 fully saturated rings. The smallest absolute Gasteiger partial charge is 0.134 e. The van der Waals surface area contributed by atoms with Crippen LogP contribution in [0, 0.1) is 0 Å². The third-order valence-electron chi connectivity index (χ3n) is 0.408. The molecule has 0 radical (unpaired) electrons. The van der Waals surface area contributed by atoms with Crippen LogP contribution in [0.4, 0.5) is 0 Å². The van der Waals surface area contributed by atoms with Crippen molar-refractivity contribution in [3.8, 4) is 0 Å². The van der Waals surface area contributed by atoms with E-state index in [1.807, 2.05) is 13.8 Å². The van der Waals surface area contributed by atoms with E-state index in [9.17, 15) is 0 Å². The van der Waals surface area contributed by atoms with Crippen molar-refractivity contribution < 1.29 is 4.74 Å². The summed E-state index contributed by atoms with van der Waals surface area (Å²) >= 11 is 5.41. The SMILES string of the molecule is CCOCC.C[SiH](C)Cl. The Hall–Kier alpha value is 0.467. The van der Waals surface area contributed by atoms with Gasteiger partial charge in [0.05, 0.1) is 0 Å². The van der Waals surface area contributed by atoms with E-state index >= 15 is 0 Å². The van der Waals surface area contributed by atoms with Crippen molar-refractivity contribution in [1.82, 2.24) is 0 Å². The van der Waals surface area contributed by atoms with Gasteiger partial charge in [-0.3, -0.25) is 0 Å². The minimum absolute atomic E-state index is 0.667. The Morgan fingerprint density at radius 3 is 1.44 bits per heavy atom. The molecule has 0 saturated heterocycles. The molecule has 1 nitrogen and oxygen atoms in total. The molecule has 0 rings (SSSR count). The summed E-state index contributed by atoms with van der Waals surface area (Å²) in [5, 5.41) is 0. The lowest BCUT2D eigenvalue weighted by molar-refractivity contribution is 0.162. The first-order valence-corrected chi connectivity index (χ1v) is 7.42. The van der Waals surface area contributed by atoms with Crippen molar-refractivity contribution in [2.45, 2.75) is 26.9 Å². The van der Waals surface area contributed by atoms with E-state index in [-0.39, 0.29) is 0 Å². The zero-order valence-electron chi connectivity index (χ0n) is 6.78. The first-order chi connectivity index (χ1) is 4.15. The molecular formula is C6H17ClOSi. The Balaban J connectivity index is 0. The summed E-state index contributed by atoms with van der Waals surface area (Å²) in [4.78, 5) is 0.